The highest BCUT2D eigenvalue weighted by Crippen LogP contribution is 2.14. The van der Waals surface area contributed by atoms with Crippen molar-refractivity contribution in [1.82, 2.24) is 14.7 Å². The van der Waals surface area contributed by atoms with Crippen molar-refractivity contribution in [1.29, 1.82) is 0 Å². The molecule has 2 rings (SSSR count). The van der Waals surface area contributed by atoms with Gasteiger partial charge in [-0.25, -0.2) is 4.68 Å². The zero-order chi connectivity index (χ0) is 14.7. The Morgan fingerprint density at radius 1 is 1.30 bits per heavy atom. The second kappa shape index (κ2) is 5.86. The molecule has 0 N–H and O–H groups in total. The van der Waals surface area contributed by atoms with Gasteiger partial charge in [-0.05, 0) is 12.5 Å². The molecule has 1 heterocycles. The molecule has 0 saturated carbocycles. The summed E-state index contributed by atoms with van der Waals surface area (Å²) in [5, 5.41) is 5.28. The van der Waals surface area contributed by atoms with Gasteiger partial charge in [-0.15, -0.1) is 0 Å². The van der Waals surface area contributed by atoms with Gasteiger partial charge in [0.1, 0.15) is 0 Å². The number of unbranched alkanes of at least 4 members (excludes halogenated alkanes) is 1. The molecule has 1 aromatic heterocycles. The van der Waals surface area contributed by atoms with Gasteiger partial charge in [0.05, 0.1) is 5.39 Å². The quantitative estimate of drug-likeness (QED) is 0.853. The molecule has 0 radical (unpaired) electrons. The summed E-state index contributed by atoms with van der Waals surface area (Å²) in [7, 11) is 3.33. The van der Waals surface area contributed by atoms with Gasteiger partial charge in [-0.2, -0.15) is 5.10 Å². The van der Waals surface area contributed by atoms with E-state index in [0.29, 0.717) is 23.0 Å². The van der Waals surface area contributed by atoms with Crippen LogP contribution in [0.15, 0.2) is 29.1 Å². The minimum absolute atomic E-state index is 0.148. The Labute approximate surface area is 117 Å². The van der Waals surface area contributed by atoms with Crippen LogP contribution in [0.25, 0.3) is 10.8 Å². The number of fused-ring (bicyclic) bond motifs is 1. The van der Waals surface area contributed by atoms with Crippen molar-refractivity contribution in [2.75, 3.05) is 13.6 Å². The number of amides is 1. The molecule has 0 aliphatic heterocycles. The lowest BCUT2D eigenvalue weighted by Crippen LogP contribution is -2.31. The molecule has 2 aromatic rings. The largest absolute Gasteiger partial charge is 0.340 e. The molecule has 0 unspecified atom stereocenters. The predicted molar refractivity (Wildman–Crippen MR) is 78.9 cm³/mol. The Morgan fingerprint density at radius 3 is 2.60 bits per heavy atom. The minimum Gasteiger partial charge on any atom is -0.340 e. The van der Waals surface area contributed by atoms with Gasteiger partial charge < -0.3 is 4.90 Å². The van der Waals surface area contributed by atoms with E-state index in [9.17, 15) is 9.59 Å². The molecule has 0 atom stereocenters. The topological polar surface area (TPSA) is 55.2 Å². The fraction of sp³-hybridized carbons (Fsp3) is 0.400. The zero-order valence-electron chi connectivity index (χ0n) is 12.1. The number of hydrogen-bond acceptors (Lipinski definition) is 3. The van der Waals surface area contributed by atoms with Crippen molar-refractivity contribution in [2.24, 2.45) is 7.05 Å². The van der Waals surface area contributed by atoms with Gasteiger partial charge in [0.15, 0.2) is 5.69 Å². The molecule has 106 valence electrons. The Morgan fingerprint density at radius 2 is 1.95 bits per heavy atom. The first-order valence-corrected chi connectivity index (χ1v) is 6.77. The highest BCUT2D eigenvalue weighted by atomic mass is 16.2. The van der Waals surface area contributed by atoms with E-state index in [2.05, 4.69) is 12.0 Å². The second-order valence-electron chi connectivity index (χ2n) is 4.90. The first kappa shape index (κ1) is 14.2. The summed E-state index contributed by atoms with van der Waals surface area (Å²) in [6.07, 6.45) is 1.98. The van der Waals surface area contributed by atoms with Crippen LogP contribution in [0.1, 0.15) is 30.3 Å². The first-order chi connectivity index (χ1) is 9.56. The molecule has 1 aromatic carbocycles. The van der Waals surface area contributed by atoms with E-state index in [1.807, 2.05) is 6.07 Å². The Kier molecular flexibility index (Phi) is 4.17. The number of aromatic nitrogens is 2. The van der Waals surface area contributed by atoms with E-state index >= 15 is 0 Å². The van der Waals surface area contributed by atoms with E-state index in [4.69, 9.17) is 0 Å². The molecule has 5 nitrogen and oxygen atoms in total. The van der Waals surface area contributed by atoms with Crippen LogP contribution in [-0.4, -0.2) is 34.2 Å². The maximum absolute atomic E-state index is 12.5. The first-order valence-electron chi connectivity index (χ1n) is 6.77. The van der Waals surface area contributed by atoms with E-state index < -0.39 is 0 Å². The third-order valence-electron chi connectivity index (χ3n) is 3.35. The van der Waals surface area contributed by atoms with Crippen LogP contribution in [0.4, 0.5) is 0 Å². The third-order valence-corrected chi connectivity index (χ3v) is 3.35. The monoisotopic (exact) mass is 273 g/mol. The van der Waals surface area contributed by atoms with Gasteiger partial charge >= 0.3 is 0 Å². The van der Waals surface area contributed by atoms with Gasteiger partial charge in [-0.1, -0.05) is 31.5 Å². The lowest BCUT2D eigenvalue weighted by atomic mass is 10.1. The van der Waals surface area contributed by atoms with E-state index in [-0.39, 0.29) is 11.5 Å². The Balaban J connectivity index is 2.52. The number of benzene rings is 1. The molecule has 0 spiro atoms. The van der Waals surface area contributed by atoms with E-state index in [1.54, 1.807) is 37.2 Å². The van der Waals surface area contributed by atoms with Gasteiger partial charge in [0.25, 0.3) is 11.5 Å². The highest BCUT2D eigenvalue weighted by molar-refractivity contribution is 6.04. The number of carbonyl (C=O) groups excluding carboxylic acids is 1. The summed E-state index contributed by atoms with van der Waals surface area (Å²) in [5.41, 5.74) is 0.148. The molecular weight excluding hydrogens is 254 g/mol. The summed E-state index contributed by atoms with van der Waals surface area (Å²) in [6.45, 7) is 2.77. The van der Waals surface area contributed by atoms with Gasteiger partial charge in [0, 0.05) is 26.0 Å². The van der Waals surface area contributed by atoms with Crippen LogP contribution >= 0.6 is 0 Å². The zero-order valence-corrected chi connectivity index (χ0v) is 12.1. The van der Waals surface area contributed by atoms with Crippen molar-refractivity contribution in [3.63, 3.8) is 0 Å². The van der Waals surface area contributed by atoms with Crippen LogP contribution in [-0.2, 0) is 7.05 Å². The SMILES string of the molecule is CCCCN(C)C(=O)c1nn(C)c(=O)c2ccccc12. The van der Waals surface area contributed by atoms with Crippen molar-refractivity contribution in [3.05, 3.63) is 40.3 Å². The Bertz CT molecular complexity index is 691. The lowest BCUT2D eigenvalue weighted by Gasteiger charge is -2.17. The van der Waals surface area contributed by atoms with Crippen LogP contribution in [0, 0.1) is 0 Å². The number of nitrogens with zero attached hydrogens (tertiary/aromatic N) is 3. The minimum atomic E-state index is -0.187. The molecule has 0 aliphatic carbocycles. The average Bonchev–Trinajstić information content (AvgIpc) is 2.47. The second-order valence-corrected chi connectivity index (χ2v) is 4.90. The lowest BCUT2D eigenvalue weighted by molar-refractivity contribution is 0.0787. The summed E-state index contributed by atoms with van der Waals surface area (Å²) in [5.74, 6) is -0.148. The van der Waals surface area contributed by atoms with E-state index in [1.165, 1.54) is 4.68 Å². The fourth-order valence-corrected chi connectivity index (χ4v) is 2.14. The number of rotatable bonds is 4. The molecule has 0 fully saturated rings. The predicted octanol–water partition coefficient (Wildman–Crippen LogP) is 1.81. The molecule has 0 bridgehead atoms. The summed E-state index contributed by atoms with van der Waals surface area (Å²) in [4.78, 5) is 26.2. The van der Waals surface area contributed by atoms with Crippen molar-refractivity contribution >= 4 is 16.7 Å². The normalized spacial score (nSPS) is 10.8. The van der Waals surface area contributed by atoms with Crippen molar-refractivity contribution < 1.29 is 4.79 Å². The van der Waals surface area contributed by atoms with Crippen molar-refractivity contribution in [3.8, 4) is 0 Å². The average molecular weight is 273 g/mol. The molecule has 1 amide bonds. The maximum atomic E-state index is 12.5. The molecular formula is C15H19N3O2. The van der Waals surface area contributed by atoms with Crippen LogP contribution in [0.3, 0.4) is 0 Å². The number of hydrogen-bond donors (Lipinski definition) is 0. The molecule has 20 heavy (non-hydrogen) atoms. The highest BCUT2D eigenvalue weighted by Gasteiger charge is 2.18. The standard InChI is InChI=1S/C15H19N3O2/c1-4-5-10-17(2)15(20)13-11-8-6-7-9-12(11)14(19)18(3)16-13/h6-9H,4-5,10H2,1-3H3. The van der Waals surface area contributed by atoms with E-state index in [0.717, 1.165) is 12.8 Å². The number of carbonyl (C=O) groups is 1. The van der Waals surface area contributed by atoms with Crippen LogP contribution < -0.4 is 5.56 Å². The fourth-order valence-electron chi connectivity index (χ4n) is 2.14. The smallest absolute Gasteiger partial charge is 0.274 e. The van der Waals surface area contributed by atoms with Crippen LogP contribution in [0.5, 0.6) is 0 Å². The summed E-state index contributed by atoms with van der Waals surface area (Å²) < 4.78 is 1.23. The maximum Gasteiger partial charge on any atom is 0.274 e. The Hall–Kier alpha value is -2.17. The molecule has 5 heteroatoms. The number of aryl methyl sites for hydroxylation is 1. The molecule has 0 aliphatic rings. The summed E-state index contributed by atoms with van der Waals surface area (Å²) in [6, 6.07) is 7.10. The summed E-state index contributed by atoms with van der Waals surface area (Å²) >= 11 is 0. The third kappa shape index (κ3) is 2.57. The van der Waals surface area contributed by atoms with Gasteiger partial charge in [-0.3, -0.25) is 9.59 Å². The van der Waals surface area contributed by atoms with Gasteiger partial charge in [0.2, 0.25) is 0 Å². The van der Waals surface area contributed by atoms with Crippen molar-refractivity contribution in [2.45, 2.75) is 19.8 Å². The molecule has 0 saturated heterocycles. The van der Waals surface area contributed by atoms with Crippen LogP contribution in [0.2, 0.25) is 0 Å².